The number of sulfone groups is 1. The molecule has 23 heteroatoms. The highest BCUT2D eigenvalue weighted by atomic mass is 32.2. The predicted molar refractivity (Wildman–Crippen MR) is 184 cm³/mol. The van der Waals surface area contributed by atoms with Gasteiger partial charge in [0.2, 0.25) is 39.3 Å². The summed E-state index contributed by atoms with van der Waals surface area (Å²) < 4.78 is 35.7. The third kappa shape index (κ3) is 8.58. The molecule has 0 saturated heterocycles. The van der Waals surface area contributed by atoms with E-state index >= 15 is 0 Å². The molecule has 52 heavy (non-hydrogen) atoms. The lowest BCUT2D eigenvalue weighted by molar-refractivity contribution is 0.577. The molecule has 0 aliphatic rings. The smallest absolute Gasteiger partial charge is 0.259 e. The van der Waals surface area contributed by atoms with Crippen molar-refractivity contribution in [1.29, 1.82) is 0 Å². The Kier molecular flexibility index (Phi) is 10.5. The average molecular weight is 727 g/mol. The molecule has 0 aliphatic carbocycles. The maximum Gasteiger partial charge on any atom is 0.259 e. The first-order valence-corrected chi connectivity index (χ1v) is 17.1. The van der Waals surface area contributed by atoms with Gasteiger partial charge in [-0.15, -0.1) is 10.2 Å². The Morgan fingerprint density at radius 2 is 1.29 bits per heavy atom. The van der Waals surface area contributed by atoms with Crippen LogP contribution in [0.3, 0.4) is 0 Å². The van der Waals surface area contributed by atoms with Gasteiger partial charge in [0, 0.05) is 49.4 Å². The van der Waals surface area contributed by atoms with Crippen molar-refractivity contribution in [3.05, 3.63) is 85.4 Å². The summed E-state index contributed by atoms with van der Waals surface area (Å²) in [6, 6.07) is 10.6. The number of hydrogen-bond acceptors (Lipinski definition) is 20. The Labute approximate surface area is 293 Å². The molecule has 8 aromatic rings. The summed E-state index contributed by atoms with van der Waals surface area (Å²) in [6.07, 6.45) is 12.0. The molecule has 0 fully saturated rings. The van der Waals surface area contributed by atoms with Gasteiger partial charge in [0.1, 0.15) is 12.7 Å². The van der Waals surface area contributed by atoms with Crippen LogP contribution in [0.4, 0.5) is 17.8 Å². The fraction of sp³-hybridized carbons (Fsp3) is 0.172. The molecule has 8 rings (SSSR count). The number of rotatable bonds is 9. The second-order valence-corrected chi connectivity index (χ2v) is 12.3. The van der Waals surface area contributed by atoms with E-state index in [0.717, 1.165) is 28.6 Å². The molecule has 8 heterocycles. The second kappa shape index (κ2) is 15.7. The van der Waals surface area contributed by atoms with Gasteiger partial charge >= 0.3 is 0 Å². The molecule has 0 aromatic carbocycles. The first kappa shape index (κ1) is 34.8. The zero-order valence-electron chi connectivity index (χ0n) is 27.3. The Bertz CT molecular complexity index is 2460. The summed E-state index contributed by atoms with van der Waals surface area (Å²) in [5, 5.41) is 11.0. The van der Waals surface area contributed by atoms with E-state index < -0.39 is 15.0 Å². The van der Waals surface area contributed by atoms with Gasteiger partial charge in [0.15, 0.2) is 11.5 Å². The van der Waals surface area contributed by atoms with Crippen molar-refractivity contribution in [1.82, 2.24) is 69.1 Å². The minimum atomic E-state index is -3.57. The molecule has 0 unspecified atom stereocenters. The van der Waals surface area contributed by atoms with Crippen molar-refractivity contribution in [2.24, 2.45) is 5.73 Å². The first-order valence-electron chi connectivity index (χ1n) is 15.2. The van der Waals surface area contributed by atoms with E-state index in [1.807, 2.05) is 12.1 Å². The quantitative estimate of drug-likeness (QED) is 0.158. The maximum absolute atomic E-state index is 11.4. The molecule has 0 aliphatic heterocycles. The van der Waals surface area contributed by atoms with Crippen LogP contribution in [0.25, 0.3) is 34.7 Å². The van der Waals surface area contributed by atoms with E-state index in [1.165, 1.54) is 23.4 Å². The highest BCUT2D eigenvalue weighted by molar-refractivity contribution is 7.90. The highest BCUT2D eigenvalue weighted by Crippen LogP contribution is 2.19. The van der Waals surface area contributed by atoms with Crippen LogP contribution in [0.1, 0.15) is 11.4 Å². The number of fused-ring (bicyclic) bond motifs is 2. The summed E-state index contributed by atoms with van der Waals surface area (Å²) in [6.45, 7) is 1.25. The van der Waals surface area contributed by atoms with Crippen molar-refractivity contribution >= 4 is 39.2 Å². The Morgan fingerprint density at radius 3 is 1.79 bits per heavy atom. The maximum atomic E-state index is 11.4. The number of nitrogens with one attached hydrogen (secondary N) is 1. The zero-order valence-corrected chi connectivity index (χ0v) is 28.1. The molecule has 266 valence electrons. The number of aromatic nitrogens is 14. The monoisotopic (exact) mass is 726 g/mol. The lowest BCUT2D eigenvalue weighted by Crippen LogP contribution is -2.12. The number of hydrogen-bond donors (Lipinski definition) is 4. The van der Waals surface area contributed by atoms with E-state index in [4.69, 9.17) is 26.0 Å². The SMILES string of the molecule is CS(=O)(=O)c1nc(N)n2nc(-c3ccco3)nc2n1.NCCc1ccncn1.Nc1nc(NCCc2ccncn2)nc2nc(-c3ccco3)nn12. The summed E-state index contributed by atoms with van der Waals surface area (Å²) in [5.74, 6) is 2.45. The van der Waals surface area contributed by atoms with E-state index in [1.54, 1.807) is 42.9 Å². The van der Waals surface area contributed by atoms with Gasteiger partial charge in [-0.25, -0.2) is 28.4 Å². The summed E-state index contributed by atoms with van der Waals surface area (Å²) >= 11 is 0. The van der Waals surface area contributed by atoms with Crippen LogP contribution in [0.2, 0.25) is 0 Å². The van der Waals surface area contributed by atoms with Crippen LogP contribution in [0.5, 0.6) is 0 Å². The van der Waals surface area contributed by atoms with Crippen molar-refractivity contribution in [3.63, 3.8) is 0 Å². The zero-order chi connectivity index (χ0) is 36.5. The summed E-state index contributed by atoms with van der Waals surface area (Å²) in [5.41, 5.74) is 18.8. The predicted octanol–water partition coefficient (Wildman–Crippen LogP) is 0.549. The molecule has 0 saturated carbocycles. The van der Waals surface area contributed by atoms with Crippen LogP contribution >= 0.6 is 0 Å². The number of nitrogens with two attached hydrogens (primary N) is 3. The van der Waals surface area contributed by atoms with Crippen LogP contribution in [-0.2, 0) is 22.7 Å². The van der Waals surface area contributed by atoms with Gasteiger partial charge < -0.3 is 31.4 Å². The van der Waals surface area contributed by atoms with Gasteiger partial charge in [-0.1, -0.05) is 0 Å². The minimum Gasteiger partial charge on any atom is -0.461 e. The van der Waals surface area contributed by atoms with Crippen molar-refractivity contribution < 1.29 is 17.3 Å². The summed E-state index contributed by atoms with van der Waals surface area (Å²) in [7, 11) is -3.57. The number of furan rings is 2. The second-order valence-electron chi connectivity index (χ2n) is 10.4. The minimum absolute atomic E-state index is 0.0410. The van der Waals surface area contributed by atoms with E-state index in [0.29, 0.717) is 48.6 Å². The molecule has 0 spiro atoms. The average Bonchev–Trinajstić information content (AvgIpc) is 3.97. The van der Waals surface area contributed by atoms with E-state index in [9.17, 15) is 8.42 Å². The third-order valence-corrected chi connectivity index (χ3v) is 7.46. The fourth-order valence-corrected chi connectivity index (χ4v) is 4.75. The normalized spacial score (nSPS) is 11.1. The van der Waals surface area contributed by atoms with Crippen LogP contribution < -0.4 is 22.5 Å². The topological polar surface area (TPSA) is 314 Å². The van der Waals surface area contributed by atoms with Crippen molar-refractivity contribution in [3.8, 4) is 23.2 Å². The lowest BCUT2D eigenvalue weighted by Gasteiger charge is -2.05. The first-order chi connectivity index (χ1) is 25.2. The van der Waals surface area contributed by atoms with Crippen LogP contribution in [0, 0.1) is 0 Å². The lowest BCUT2D eigenvalue weighted by atomic mass is 10.3. The van der Waals surface area contributed by atoms with Gasteiger partial charge in [0.25, 0.3) is 16.7 Å². The van der Waals surface area contributed by atoms with Crippen molar-refractivity contribution in [2.75, 3.05) is 36.1 Å². The highest BCUT2D eigenvalue weighted by Gasteiger charge is 2.18. The van der Waals surface area contributed by atoms with Gasteiger partial charge in [-0.05, 0) is 42.9 Å². The molecule has 0 amide bonds. The van der Waals surface area contributed by atoms with Crippen LogP contribution in [0.15, 0.2) is 88.0 Å². The summed E-state index contributed by atoms with van der Waals surface area (Å²) in [4.78, 5) is 40.1. The molecule has 0 atom stereocenters. The van der Waals surface area contributed by atoms with Crippen molar-refractivity contribution in [2.45, 2.75) is 18.0 Å². The molecular weight excluding hydrogens is 697 g/mol. The molecule has 8 aromatic heterocycles. The van der Waals surface area contributed by atoms with Gasteiger partial charge in [0.05, 0.1) is 12.5 Å². The Morgan fingerprint density at radius 1 is 0.731 bits per heavy atom. The molecule has 0 bridgehead atoms. The number of nitrogens with zero attached hydrogens (tertiary/aromatic N) is 14. The fourth-order valence-electron chi connectivity index (χ4n) is 4.24. The standard InChI is InChI=1S/C14H13N9O.C9H8N6O3S.C6H9N3/c15-12-20-13(17-6-4-9-3-5-16-8-18-9)21-14-19-11(22-23(12)14)10-2-1-7-24-10;1-19(16,17)9-12-7(10)15-8(13-9)11-6(14-15)5-3-2-4-18-5;7-3-1-6-2-4-8-5-9-6/h1-3,5,7-8H,4,6H2,(H3,15,17,19,20,21,22);2-4H,1H3,(H2,10,11,12,13,14);2,4-5H,1,3,7H2. The molecule has 7 N–H and O–H groups in total. The van der Waals surface area contributed by atoms with E-state index in [2.05, 4.69) is 65.4 Å². The Hall–Kier alpha value is -7.01. The third-order valence-electron chi connectivity index (χ3n) is 6.61. The number of nitrogen functional groups attached to an aromatic ring is 2. The molecular formula is C29H30N18O4S. The molecule has 22 nitrogen and oxygen atoms in total. The Balaban J connectivity index is 0.000000147. The molecule has 0 radical (unpaired) electrons. The largest absolute Gasteiger partial charge is 0.461 e. The van der Waals surface area contributed by atoms with Gasteiger partial charge in [-0.3, -0.25) is 0 Å². The van der Waals surface area contributed by atoms with Gasteiger partial charge in [-0.2, -0.15) is 38.9 Å². The van der Waals surface area contributed by atoms with Crippen LogP contribution in [-0.4, -0.2) is 96.8 Å². The number of anilines is 3. The van der Waals surface area contributed by atoms with E-state index in [-0.39, 0.29) is 23.5 Å².